The van der Waals surface area contributed by atoms with Crippen molar-refractivity contribution in [2.24, 2.45) is 11.8 Å². The first-order valence-corrected chi connectivity index (χ1v) is 11.2. The first-order chi connectivity index (χ1) is 15.2. The van der Waals surface area contributed by atoms with Gasteiger partial charge in [0, 0.05) is 31.1 Å². The van der Waals surface area contributed by atoms with Crippen LogP contribution in [0.25, 0.3) is 0 Å². The molecule has 4 atom stereocenters. The lowest BCUT2D eigenvalue weighted by atomic mass is 9.78. The highest BCUT2D eigenvalue weighted by Gasteiger charge is 2.59. The third kappa shape index (κ3) is 3.91. The van der Waals surface area contributed by atoms with Gasteiger partial charge >= 0.3 is 5.97 Å². The van der Waals surface area contributed by atoms with E-state index in [2.05, 4.69) is 17.9 Å². The molecule has 8 heteroatoms. The normalized spacial score (nSPS) is 26.7. The zero-order valence-electron chi connectivity index (χ0n) is 19.1. The topological polar surface area (TPSA) is 99.5 Å². The molecule has 0 radical (unpaired) electrons. The molecule has 1 aromatic rings. The molecule has 3 aliphatic rings. The van der Waals surface area contributed by atoms with Crippen molar-refractivity contribution in [2.75, 3.05) is 32.9 Å². The van der Waals surface area contributed by atoms with E-state index in [1.54, 1.807) is 6.92 Å². The van der Waals surface area contributed by atoms with Gasteiger partial charge in [-0.05, 0) is 43.5 Å². The second kappa shape index (κ2) is 8.84. The predicted octanol–water partition coefficient (Wildman–Crippen LogP) is 1.71. The molecule has 0 spiro atoms. The van der Waals surface area contributed by atoms with Gasteiger partial charge < -0.3 is 24.6 Å². The van der Waals surface area contributed by atoms with E-state index in [-0.39, 0.29) is 30.2 Å². The van der Waals surface area contributed by atoms with Crippen LogP contribution < -0.4 is 4.74 Å². The third-order valence-electron chi connectivity index (χ3n) is 7.03. The molecule has 1 amide bonds. The van der Waals surface area contributed by atoms with Crippen molar-refractivity contribution in [3.8, 4) is 5.75 Å². The Morgan fingerprint density at radius 1 is 1.25 bits per heavy atom. The molecule has 0 aliphatic carbocycles. The number of β-lactam (4-membered cyclic amide) rings is 1. The smallest absolute Gasteiger partial charge is 0.352 e. The molecular weight excluding hydrogens is 412 g/mol. The lowest BCUT2D eigenvalue weighted by Gasteiger charge is -2.46. The summed E-state index contributed by atoms with van der Waals surface area (Å²) in [5.74, 6) is -1.51. The van der Waals surface area contributed by atoms with Crippen molar-refractivity contribution in [3.05, 3.63) is 40.1 Å². The number of carbonyl (C=O) groups is 2. The molecule has 32 heavy (non-hydrogen) atoms. The SMILES string of the molecule is Cc1cc(OCC2=C(C(=O)O)N3C(=O)[C@H]([C@@H](C)O)C3[C@H]2C)c(C)cc1CN1CCOCC1. The lowest BCUT2D eigenvalue weighted by molar-refractivity contribution is -0.163. The van der Waals surface area contributed by atoms with Gasteiger partial charge in [-0.2, -0.15) is 0 Å². The van der Waals surface area contributed by atoms with Crippen molar-refractivity contribution < 1.29 is 29.3 Å². The van der Waals surface area contributed by atoms with Crippen LogP contribution >= 0.6 is 0 Å². The number of hydrogen-bond donors (Lipinski definition) is 2. The fourth-order valence-electron chi connectivity index (χ4n) is 5.17. The number of benzene rings is 1. The van der Waals surface area contributed by atoms with Gasteiger partial charge in [-0.25, -0.2) is 4.79 Å². The van der Waals surface area contributed by atoms with Crippen LogP contribution in [0.1, 0.15) is 30.5 Å². The minimum absolute atomic E-state index is 0.00251. The quantitative estimate of drug-likeness (QED) is 0.618. The minimum atomic E-state index is -1.14. The third-order valence-corrected chi connectivity index (χ3v) is 7.03. The molecule has 174 valence electrons. The summed E-state index contributed by atoms with van der Waals surface area (Å²) in [6.45, 7) is 11.8. The number of aliphatic carboxylic acids is 1. The number of morpholine rings is 1. The number of aliphatic hydroxyl groups excluding tert-OH is 1. The summed E-state index contributed by atoms with van der Waals surface area (Å²) in [5, 5.41) is 19.8. The second-order valence-corrected chi connectivity index (χ2v) is 9.15. The Labute approximate surface area is 188 Å². The summed E-state index contributed by atoms with van der Waals surface area (Å²) in [4.78, 5) is 28.1. The number of nitrogens with zero attached hydrogens (tertiary/aromatic N) is 2. The van der Waals surface area contributed by atoms with E-state index in [9.17, 15) is 19.8 Å². The van der Waals surface area contributed by atoms with Gasteiger partial charge in [0.05, 0.1) is 31.3 Å². The summed E-state index contributed by atoms with van der Waals surface area (Å²) >= 11 is 0. The predicted molar refractivity (Wildman–Crippen MR) is 117 cm³/mol. The van der Waals surface area contributed by atoms with E-state index >= 15 is 0 Å². The Bertz CT molecular complexity index is 950. The average Bonchev–Trinajstić information content (AvgIpc) is 2.98. The number of fused-ring (bicyclic) bond motifs is 1. The molecule has 8 nitrogen and oxygen atoms in total. The highest BCUT2D eigenvalue weighted by molar-refractivity contribution is 6.00. The van der Waals surface area contributed by atoms with Crippen molar-refractivity contribution in [3.63, 3.8) is 0 Å². The maximum Gasteiger partial charge on any atom is 0.352 e. The number of amides is 1. The molecule has 4 rings (SSSR count). The Hall–Kier alpha value is -2.42. The molecule has 2 N–H and O–H groups in total. The zero-order valence-corrected chi connectivity index (χ0v) is 19.1. The molecule has 3 aliphatic heterocycles. The maximum atomic E-state index is 12.5. The van der Waals surface area contributed by atoms with Gasteiger partial charge in [0.25, 0.3) is 0 Å². The van der Waals surface area contributed by atoms with Crippen LogP contribution in [-0.4, -0.2) is 76.9 Å². The Balaban J connectivity index is 1.51. The lowest BCUT2D eigenvalue weighted by Crippen LogP contribution is -2.63. The summed E-state index contributed by atoms with van der Waals surface area (Å²) < 4.78 is 11.5. The first kappa shape index (κ1) is 22.8. The first-order valence-electron chi connectivity index (χ1n) is 11.2. The number of aryl methyl sites for hydroxylation is 2. The molecule has 1 aromatic carbocycles. The summed E-state index contributed by atoms with van der Waals surface area (Å²) in [5.41, 5.74) is 3.95. The van der Waals surface area contributed by atoms with E-state index in [1.807, 2.05) is 19.9 Å². The van der Waals surface area contributed by atoms with Crippen molar-refractivity contribution >= 4 is 11.9 Å². The van der Waals surface area contributed by atoms with Crippen LogP contribution in [0.4, 0.5) is 0 Å². The van der Waals surface area contributed by atoms with Gasteiger partial charge in [-0.1, -0.05) is 13.0 Å². The summed E-state index contributed by atoms with van der Waals surface area (Å²) in [6.07, 6.45) is -0.814. The Morgan fingerprint density at radius 2 is 1.94 bits per heavy atom. The highest BCUT2D eigenvalue weighted by Crippen LogP contribution is 2.47. The van der Waals surface area contributed by atoms with Crippen LogP contribution in [0.3, 0.4) is 0 Å². The van der Waals surface area contributed by atoms with Crippen LogP contribution in [0.15, 0.2) is 23.4 Å². The number of hydrogen-bond acceptors (Lipinski definition) is 6. The number of rotatable bonds is 7. The largest absolute Gasteiger partial charge is 0.489 e. The summed E-state index contributed by atoms with van der Waals surface area (Å²) in [6, 6.07) is 3.81. The minimum Gasteiger partial charge on any atom is -0.489 e. The summed E-state index contributed by atoms with van der Waals surface area (Å²) in [7, 11) is 0. The number of carboxylic acids is 1. The van der Waals surface area contributed by atoms with E-state index in [0.29, 0.717) is 11.3 Å². The van der Waals surface area contributed by atoms with Crippen LogP contribution in [0, 0.1) is 25.7 Å². The number of carbonyl (C=O) groups excluding carboxylic acids is 1. The maximum absolute atomic E-state index is 12.5. The molecule has 0 saturated carbocycles. The molecule has 2 saturated heterocycles. The van der Waals surface area contributed by atoms with Gasteiger partial charge in [-0.15, -0.1) is 0 Å². The van der Waals surface area contributed by atoms with Gasteiger partial charge in [0.15, 0.2) is 0 Å². The fraction of sp³-hybridized carbons (Fsp3) is 0.583. The van der Waals surface area contributed by atoms with Gasteiger partial charge in [0.1, 0.15) is 18.1 Å². The van der Waals surface area contributed by atoms with Gasteiger partial charge in [-0.3, -0.25) is 9.69 Å². The Morgan fingerprint density at radius 3 is 2.56 bits per heavy atom. The molecule has 1 unspecified atom stereocenters. The molecule has 3 heterocycles. The van der Waals surface area contributed by atoms with Crippen LogP contribution in [-0.2, 0) is 20.9 Å². The average molecular weight is 445 g/mol. The van der Waals surface area contributed by atoms with Crippen molar-refractivity contribution in [1.29, 1.82) is 0 Å². The van der Waals surface area contributed by atoms with Gasteiger partial charge in [0.2, 0.25) is 5.91 Å². The zero-order chi connectivity index (χ0) is 23.2. The molecular formula is C24H32N2O6. The standard InChI is InChI=1S/C24H32N2O6/c1-13-10-19(14(2)9-17(13)11-25-5-7-31-8-6-25)32-12-18-15(3)21-20(16(4)27)23(28)26(21)22(18)24(29)30/h9-10,15-16,20-21,27H,5-8,11-12H2,1-4H3,(H,29,30)/t15-,16+,20+,21?/m0/s1. The van der Waals surface area contributed by atoms with E-state index in [0.717, 1.165) is 44.0 Å². The monoisotopic (exact) mass is 444 g/mol. The van der Waals surface area contributed by atoms with E-state index in [4.69, 9.17) is 9.47 Å². The number of aliphatic hydroxyl groups is 1. The molecule has 2 fully saturated rings. The molecule has 0 aromatic heterocycles. The fourth-order valence-corrected chi connectivity index (χ4v) is 5.17. The van der Waals surface area contributed by atoms with E-state index < -0.39 is 18.0 Å². The highest BCUT2D eigenvalue weighted by atomic mass is 16.5. The Kier molecular flexibility index (Phi) is 6.29. The van der Waals surface area contributed by atoms with Crippen LogP contribution in [0.5, 0.6) is 5.75 Å². The van der Waals surface area contributed by atoms with E-state index in [1.165, 1.54) is 10.5 Å². The molecule has 0 bridgehead atoms. The second-order valence-electron chi connectivity index (χ2n) is 9.15. The van der Waals surface area contributed by atoms with Crippen molar-refractivity contribution in [2.45, 2.75) is 46.4 Å². The number of carboxylic acid groups (broad SMARTS) is 1. The van der Waals surface area contributed by atoms with Crippen molar-refractivity contribution in [1.82, 2.24) is 9.80 Å². The number of ether oxygens (including phenoxy) is 2. The van der Waals surface area contributed by atoms with Crippen LogP contribution in [0.2, 0.25) is 0 Å².